The summed E-state index contributed by atoms with van der Waals surface area (Å²) in [5.41, 5.74) is 5.44. The van der Waals surface area contributed by atoms with Crippen molar-refractivity contribution in [3.8, 4) is 0 Å². The van der Waals surface area contributed by atoms with Gasteiger partial charge in [-0.05, 0) is 43.5 Å². The van der Waals surface area contributed by atoms with Crippen molar-refractivity contribution in [1.82, 2.24) is 15.1 Å². The fraction of sp³-hybridized carbons (Fsp3) is 0.238. The van der Waals surface area contributed by atoms with Gasteiger partial charge in [0, 0.05) is 17.3 Å². The summed E-state index contributed by atoms with van der Waals surface area (Å²) in [6.45, 7) is 6.86. The maximum atomic E-state index is 12.7. The molecule has 4 nitrogen and oxygen atoms in total. The number of nitrogens with one attached hydrogen (secondary N) is 1. The third kappa shape index (κ3) is 3.81. The van der Waals surface area contributed by atoms with Crippen molar-refractivity contribution < 1.29 is 4.79 Å². The first-order valence-corrected chi connectivity index (χ1v) is 8.95. The molecule has 3 rings (SSSR count). The van der Waals surface area contributed by atoms with Crippen molar-refractivity contribution in [1.29, 1.82) is 0 Å². The van der Waals surface area contributed by atoms with Crippen LogP contribution in [-0.4, -0.2) is 15.7 Å². The molecule has 0 saturated carbocycles. The number of hydrogen-bond donors (Lipinski definition) is 1. The Bertz CT molecular complexity index is 946. The Morgan fingerprint density at radius 3 is 2.38 bits per heavy atom. The highest BCUT2D eigenvalue weighted by molar-refractivity contribution is 6.31. The van der Waals surface area contributed by atoms with Crippen LogP contribution in [0.5, 0.6) is 0 Å². The minimum atomic E-state index is -0.103. The van der Waals surface area contributed by atoms with E-state index in [9.17, 15) is 4.79 Å². The first kappa shape index (κ1) is 18.2. The largest absolute Gasteiger partial charge is 0.348 e. The van der Waals surface area contributed by atoms with Crippen LogP contribution in [0.1, 0.15) is 38.4 Å². The van der Waals surface area contributed by atoms with Crippen molar-refractivity contribution in [2.45, 2.75) is 33.9 Å². The average molecular weight is 368 g/mol. The van der Waals surface area contributed by atoms with Crippen LogP contribution in [0, 0.1) is 20.8 Å². The number of amides is 1. The summed E-state index contributed by atoms with van der Waals surface area (Å²) in [6, 6.07) is 15.7. The lowest BCUT2D eigenvalue weighted by atomic mass is 10.1. The Labute approximate surface area is 158 Å². The van der Waals surface area contributed by atoms with Gasteiger partial charge in [0.15, 0.2) is 0 Å². The monoisotopic (exact) mass is 367 g/mol. The van der Waals surface area contributed by atoms with Gasteiger partial charge in [0.05, 0.1) is 17.8 Å². The molecule has 2 aromatic carbocycles. The van der Waals surface area contributed by atoms with Crippen LogP contribution in [0.3, 0.4) is 0 Å². The molecule has 5 heteroatoms. The zero-order valence-electron chi connectivity index (χ0n) is 15.2. The molecule has 0 fully saturated rings. The van der Waals surface area contributed by atoms with E-state index in [2.05, 4.69) is 10.4 Å². The predicted octanol–water partition coefficient (Wildman–Crippen LogP) is 4.44. The molecule has 0 atom stereocenters. The smallest absolute Gasteiger partial charge is 0.255 e. The van der Waals surface area contributed by atoms with Crippen LogP contribution in [0.25, 0.3) is 0 Å². The molecule has 1 heterocycles. The van der Waals surface area contributed by atoms with Gasteiger partial charge in [-0.2, -0.15) is 5.10 Å². The summed E-state index contributed by atoms with van der Waals surface area (Å²) >= 11 is 6.25. The summed E-state index contributed by atoms with van der Waals surface area (Å²) in [4.78, 5) is 12.7. The Kier molecular flexibility index (Phi) is 5.43. The lowest BCUT2D eigenvalue weighted by molar-refractivity contribution is 0.0949. The SMILES string of the molecule is Cc1ccccc1CNC(=O)c1c(C)nn(Cc2ccccc2Cl)c1C. The van der Waals surface area contributed by atoms with Gasteiger partial charge in [-0.1, -0.05) is 54.1 Å². The molecule has 0 bridgehead atoms. The maximum Gasteiger partial charge on any atom is 0.255 e. The first-order valence-electron chi connectivity index (χ1n) is 8.57. The summed E-state index contributed by atoms with van der Waals surface area (Å²) in [5, 5.41) is 8.24. The van der Waals surface area contributed by atoms with Crippen molar-refractivity contribution in [2.24, 2.45) is 0 Å². The zero-order valence-corrected chi connectivity index (χ0v) is 16.0. The number of aromatic nitrogens is 2. The Morgan fingerprint density at radius 2 is 1.69 bits per heavy atom. The molecule has 0 radical (unpaired) electrons. The van der Waals surface area contributed by atoms with E-state index < -0.39 is 0 Å². The van der Waals surface area contributed by atoms with Crippen molar-refractivity contribution in [3.63, 3.8) is 0 Å². The predicted molar refractivity (Wildman–Crippen MR) is 105 cm³/mol. The highest BCUT2D eigenvalue weighted by Crippen LogP contribution is 2.19. The Hall–Kier alpha value is -2.59. The topological polar surface area (TPSA) is 46.9 Å². The van der Waals surface area contributed by atoms with E-state index in [-0.39, 0.29) is 5.91 Å². The van der Waals surface area contributed by atoms with Gasteiger partial charge in [-0.15, -0.1) is 0 Å². The quantitative estimate of drug-likeness (QED) is 0.724. The van der Waals surface area contributed by atoms with Crippen LogP contribution in [0.4, 0.5) is 0 Å². The maximum absolute atomic E-state index is 12.7. The van der Waals surface area contributed by atoms with Crippen molar-refractivity contribution in [3.05, 3.63) is 87.2 Å². The molecular weight excluding hydrogens is 346 g/mol. The molecule has 0 spiro atoms. The number of rotatable bonds is 5. The molecule has 0 saturated heterocycles. The Balaban J connectivity index is 1.78. The van der Waals surface area contributed by atoms with E-state index in [0.29, 0.717) is 23.7 Å². The molecule has 1 aromatic heterocycles. The van der Waals surface area contributed by atoms with Crippen LogP contribution < -0.4 is 5.32 Å². The molecule has 3 aromatic rings. The average Bonchev–Trinajstić information content (AvgIpc) is 2.89. The van der Waals surface area contributed by atoms with Crippen LogP contribution in [-0.2, 0) is 13.1 Å². The van der Waals surface area contributed by atoms with Crippen LogP contribution >= 0.6 is 11.6 Å². The van der Waals surface area contributed by atoms with E-state index in [1.807, 2.05) is 74.0 Å². The van der Waals surface area contributed by atoms with Gasteiger partial charge in [-0.25, -0.2) is 0 Å². The second-order valence-corrected chi connectivity index (χ2v) is 6.81. The highest BCUT2D eigenvalue weighted by atomic mass is 35.5. The molecule has 1 N–H and O–H groups in total. The van der Waals surface area contributed by atoms with Crippen LogP contribution in [0.2, 0.25) is 5.02 Å². The van der Waals surface area contributed by atoms with E-state index in [4.69, 9.17) is 11.6 Å². The second-order valence-electron chi connectivity index (χ2n) is 6.40. The minimum absolute atomic E-state index is 0.103. The third-order valence-electron chi connectivity index (χ3n) is 4.59. The molecular formula is C21H22ClN3O. The minimum Gasteiger partial charge on any atom is -0.348 e. The fourth-order valence-electron chi connectivity index (χ4n) is 3.04. The van der Waals surface area contributed by atoms with Gasteiger partial charge in [0.1, 0.15) is 0 Å². The summed E-state index contributed by atoms with van der Waals surface area (Å²) < 4.78 is 1.83. The molecule has 0 aliphatic heterocycles. The molecule has 0 aliphatic carbocycles. The van der Waals surface area contributed by atoms with Gasteiger partial charge in [-0.3, -0.25) is 9.48 Å². The number of benzene rings is 2. The van der Waals surface area contributed by atoms with Crippen LogP contribution in [0.15, 0.2) is 48.5 Å². The lowest BCUT2D eigenvalue weighted by Crippen LogP contribution is -2.24. The third-order valence-corrected chi connectivity index (χ3v) is 4.96. The lowest BCUT2D eigenvalue weighted by Gasteiger charge is -2.09. The number of nitrogens with zero attached hydrogens (tertiary/aromatic N) is 2. The second kappa shape index (κ2) is 7.75. The zero-order chi connectivity index (χ0) is 18.7. The van der Waals surface area contributed by atoms with Crippen molar-refractivity contribution in [2.75, 3.05) is 0 Å². The van der Waals surface area contributed by atoms with Gasteiger partial charge < -0.3 is 5.32 Å². The highest BCUT2D eigenvalue weighted by Gasteiger charge is 2.19. The van der Waals surface area contributed by atoms with Gasteiger partial charge >= 0.3 is 0 Å². The number of carbonyl (C=O) groups is 1. The first-order chi connectivity index (χ1) is 12.5. The normalized spacial score (nSPS) is 10.8. The van der Waals surface area contributed by atoms with Gasteiger partial charge in [0.25, 0.3) is 5.91 Å². The van der Waals surface area contributed by atoms with E-state index >= 15 is 0 Å². The van der Waals surface area contributed by atoms with Crippen molar-refractivity contribution >= 4 is 17.5 Å². The number of aryl methyl sites for hydroxylation is 2. The molecule has 134 valence electrons. The standard InChI is InChI=1S/C21H22ClN3O/c1-14-8-4-5-9-17(14)12-23-21(26)20-15(2)24-25(16(20)3)13-18-10-6-7-11-19(18)22/h4-11H,12-13H2,1-3H3,(H,23,26). The number of halogens is 1. The molecule has 0 aliphatic rings. The van der Waals surface area contributed by atoms with E-state index in [1.165, 1.54) is 0 Å². The summed E-state index contributed by atoms with van der Waals surface area (Å²) in [7, 11) is 0. The number of carbonyl (C=O) groups excluding carboxylic acids is 1. The Morgan fingerprint density at radius 1 is 1.04 bits per heavy atom. The summed E-state index contributed by atoms with van der Waals surface area (Å²) in [5.74, 6) is -0.103. The van der Waals surface area contributed by atoms with Gasteiger partial charge in [0.2, 0.25) is 0 Å². The molecule has 26 heavy (non-hydrogen) atoms. The fourth-order valence-corrected chi connectivity index (χ4v) is 3.24. The molecule has 0 unspecified atom stereocenters. The van der Waals surface area contributed by atoms with E-state index in [0.717, 1.165) is 28.1 Å². The molecule has 1 amide bonds. The number of hydrogen-bond acceptors (Lipinski definition) is 2. The van der Waals surface area contributed by atoms with E-state index in [1.54, 1.807) is 0 Å². The summed E-state index contributed by atoms with van der Waals surface area (Å²) in [6.07, 6.45) is 0.